The Bertz CT molecular complexity index is 902. The fourth-order valence-corrected chi connectivity index (χ4v) is 3.75. The third kappa shape index (κ3) is 7.00. The second kappa shape index (κ2) is 10.6. The van der Waals surface area contributed by atoms with Gasteiger partial charge in [-0.25, -0.2) is 9.09 Å². The Balaban J connectivity index is 1.63. The van der Waals surface area contributed by atoms with Crippen LogP contribution in [0, 0.1) is 6.92 Å². The molecule has 152 valence electrons. The maximum Gasteiger partial charge on any atom is 0.478 e. The first kappa shape index (κ1) is 21.6. The highest BCUT2D eigenvalue weighted by Crippen LogP contribution is 2.51. The molecule has 29 heavy (non-hydrogen) atoms. The normalized spacial score (nSPS) is 11.4. The maximum absolute atomic E-state index is 13.1. The molecule has 3 rings (SSSR count). The van der Waals surface area contributed by atoms with Crippen LogP contribution in [0.1, 0.15) is 16.7 Å². The predicted molar refractivity (Wildman–Crippen MR) is 113 cm³/mol. The molecule has 0 aliphatic heterocycles. The lowest BCUT2D eigenvalue weighted by Gasteiger charge is -2.19. The Labute approximate surface area is 175 Å². The van der Waals surface area contributed by atoms with Crippen molar-refractivity contribution in [2.75, 3.05) is 6.79 Å². The summed E-state index contributed by atoms with van der Waals surface area (Å²) in [6.07, 6.45) is 0. The highest BCUT2D eigenvalue weighted by molar-refractivity contribution is 7.48. The number of phosphoric ester groups is 1. The molecule has 0 radical (unpaired) electrons. The highest BCUT2D eigenvalue weighted by atomic mass is 35.5. The largest absolute Gasteiger partial charge is 0.478 e. The summed E-state index contributed by atoms with van der Waals surface area (Å²) in [4.78, 5) is 0. The lowest BCUT2D eigenvalue weighted by Crippen LogP contribution is -2.06. The van der Waals surface area contributed by atoms with Gasteiger partial charge in [0.05, 0.1) is 18.2 Å². The summed E-state index contributed by atoms with van der Waals surface area (Å²) in [6, 6.07) is 24.1. The van der Waals surface area contributed by atoms with Crippen LogP contribution in [0.15, 0.2) is 78.9 Å². The summed E-state index contributed by atoms with van der Waals surface area (Å²) in [5.74, 6) is 0.426. The third-order valence-corrected chi connectivity index (χ3v) is 5.58. The molecule has 0 aliphatic rings. The minimum Gasteiger partial charge on any atom is -0.465 e. The van der Waals surface area contributed by atoms with Gasteiger partial charge in [0.1, 0.15) is 5.75 Å². The number of aryl methyl sites for hydroxylation is 1. The van der Waals surface area contributed by atoms with Crippen LogP contribution in [0.3, 0.4) is 0 Å². The standard InChI is InChI=1S/C22H22ClO5P/c1-18-12-13-22(21(23)14-18)25-17-28-29(24,26-15-19-8-4-2-5-9-19)27-16-20-10-6-3-7-11-20/h2-14H,15-17H2,1H3. The van der Waals surface area contributed by atoms with Gasteiger partial charge < -0.3 is 4.74 Å². The van der Waals surface area contributed by atoms with Crippen molar-refractivity contribution >= 4 is 19.4 Å². The molecule has 0 unspecified atom stereocenters. The lowest BCUT2D eigenvalue weighted by molar-refractivity contribution is 0.0444. The van der Waals surface area contributed by atoms with Crippen LogP contribution in [-0.2, 0) is 31.4 Å². The molecule has 0 spiro atoms. The topological polar surface area (TPSA) is 54.0 Å². The second-order valence-corrected chi connectivity index (χ2v) is 8.37. The third-order valence-electron chi connectivity index (χ3n) is 3.98. The zero-order chi connectivity index (χ0) is 20.5. The van der Waals surface area contributed by atoms with Crippen molar-refractivity contribution < 1.29 is 22.9 Å². The smallest absolute Gasteiger partial charge is 0.465 e. The van der Waals surface area contributed by atoms with E-state index in [-0.39, 0.29) is 20.0 Å². The Morgan fingerprint density at radius 1 is 0.793 bits per heavy atom. The summed E-state index contributed by atoms with van der Waals surface area (Å²) in [5, 5.41) is 0.443. The summed E-state index contributed by atoms with van der Waals surface area (Å²) < 4.78 is 35.1. The molecule has 0 aliphatic carbocycles. The molecule has 0 heterocycles. The van der Waals surface area contributed by atoms with Gasteiger partial charge in [-0.1, -0.05) is 78.3 Å². The SMILES string of the molecule is Cc1ccc(OCOP(=O)(OCc2ccccc2)OCc2ccccc2)c(Cl)c1. The maximum atomic E-state index is 13.1. The minimum absolute atomic E-state index is 0.0815. The Hall–Kier alpha value is -2.14. The Morgan fingerprint density at radius 3 is 1.86 bits per heavy atom. The summed E-state index contributed by atoms with van der Waals surface area (Å²) in [6.45, 7) is 1.76. The molecule has 0 atom stereocenters. The van der Waals surface area contributed by atoms with Crippen LogP contribution in [0.5, 0.6) is 5.75 Å². The molecule has 7 heteroatoms. The van der Waals surface area contributed by atoms with Gasteiger partial charge in [-0.3, -0.25) is 9.05 Å². The zero-order valence-corrected chi connectivity index (χ0v) is 17.6. The summed E-state index contributed by atoms with van der Waals surface area (Å²) in [7, 11) is -3.88. The number of halogens is 1. The van der Waals surface area contributed by atoms with Crippen molar-refractivity contribution in [2.45, 2.75) is 20.1 Å². The molecule has 0 fully saturated rings. The molecule has 3 aromatic rings. The molecular formula is C22H22ClO5P. The Morgan fingerprint density at radius 2 is 1.34 bits per heavy atom. The van der Waals surface area contributed by atoms with Crippen molar-refractivity contribution in [2.24, 2.45) is 0 Å². The van der Waals surface area contributed by atoms with Crippen molar-refractivity contribution in [1.82, 2.24) is 0 Å². The minimum atomic E-state index is -3.88. The molecule has 0 N–H and O–H groups in total. The first-order valence-electron chi connectivity index (χ1n) is 9.04. The number of hydrogen-bond acceptors (Lipinski definition) is 5. The molecule has 0 saturated heterocycles. The van der Waals surface area contributed by atoms with Gasteiger partial charge >= 0.3 is 7.82 Å². The molecule has 0 aromatic heterocycles. The van der Waals surface area contributed by atoms with E-state index >= 15 is 0 Å². The van der Waals surface area contributed by atoms with Crippen molar-refractivity contribution in [3.8, 4) is 5.75 Å². The quantitative estimate of drug-likeness (QED) is 0.269. The average Bonchev–Trinajstić information content (AvgIpc) is 2.74. The van der Waals surface area contributed by atoms with Crippen LogP contribution in [0.4, 0.5) is 0 Å². The number of rotatable bonds is 10. The first-order chi connectivity index (χ1) is 14.0. The van der Waals surface area contributed by atoms with Crippen LogP contribution >= 0.6 is 19.4 Å². The van der Waals surface area contributed by atoms with Gasteiger partial charge in [0, 0.05) is 0 Å². The van der Waals surface area contributed by atoms with Gasteiger partial charge in [-0.2, -0.15) is 0 Å². The molecule has 3 aromatic carbocycles. The monoisotopic (exact) mass is 432 g/mol. The van der Waals surface area contributed by atoms with E-state index in [2.05, 4.69) is 0 Å². The molecule has 5 nitrogen and oxygen atoms in total. The first-order valence-corrected chi connectivity index (χ1v) is 10.9. The van der Waals surface area contributed by atoms with Gasteiger partial charge in [0.2, 0.25) is 0 Å². The van der Waals surface area contributed by atoms with Gasteiger partial charge in [0.25, 0.3) is 0 Å². The Kier molecular flexibility index (Phi) is 7.87. The number of hydrogen-bond donors (Lipinski definition) is 0. The van der Waals surface area contributed by atoms with Crippen LogP contribution in [0.25, 0.3) is 0 Å². The van der Waals surface area contributed by atoms with E-state index in [0.717, 1.165) is 16.7 Å². The fraction of sp³-hybridized carbons (Fsp3) is 0.182. The van der Waals surface area contributed by atoms with E-state index in [1.165, 1.54) is 0 Å². The highest BCUT2D eigenvalue weighted by Gasteiger charge is 2.27. The molecular weight excluding hydrogens is 411 g/mol. The number of benzene rings is 3. The van der Waals surface area contributed by atoms with E-state index in [1.54, 1.807) is 12.1 Å². The van der Waals surface area contributed by atoms with Gasteiger partial charge in [-0.05, 0) is 35.7 Å². The zero-order valence-electron chi connectivity index (χ0n) is 16.0. The van der Waals surface area contributed by atoms with E-state index in [4.69, 9.17) is 29.9 Å². The summed E-state index contributed by atoms with van der Waals surface area (Å²) >= 11 is 6.15. The lowest BCUT2D eigenvalue weighted by atomic mass is 10.2. The van der Waals surface area contributed by atoms with Crippen molar-refractivity contribution in [1.29, 1.82) is 0 Å². The van der Waals surface area contributed by atoms with Gasteiger partial charge in [0.15, 0.2) is 6.79 Å². The average molecular weight is 433 g/mol. The van der Waals surface area contributed by atoms with Crippen LogP contribution in [-0.4, -0.2) is 6.79 Å². The number of phosphoric acid groups is 1. The van der Waals surface area contributed by atoms with Crippen molar-refractivity contribution in [3.63, 3.8) is 0 Å². The van der Waals surface area contributed by atoms with E-state index in [0.29, 0.717) is 10.8 Å². The fourth-order valence-electron chi connectivity index (χ4n) is 2.44. The molecule has 0 amide bonds. The predicted octanol–water partition coefficient (Wildman–Crippen LogP) is 6.54. The van der Waals surface area contributed by atoms with Crippen LogP contribution in [0.2, 0.25) is 5.02 Å². The number of ether oxygens (including phenoxy) is 1. The molecule has 0 bridgehead atoms. The van der Waals surface area contributed by atoms with Crippen molar-refractivity contribution in [3.05, 3.63) is 101 Å². The van der Waals surface area contributed by atoms with E-state index in [9.17, 15) is 4.57 Å². The molecule has 0 saturated carbocycles. The van der Waals surface area contributed by atoms with Gasteiger partial charge in [-0.15, -0.1) is 0 Å². The van der Waals surface area contributed by atoms with E-state index < -0.39 is 7.82 Å². The van der Waals surface area contributed by atoms with Crippen LogP contribution < -0.4 is 4.74 Å². The second-order valence-electron chi connectivity index (χ2n) is 6.29. The summed E-state index contributed by atoms with van der Waals surface area (Å²) in [5.41, 5.74) is 2.70. The van der Waals surface area contributed by atoms with E-state index in [1.807, 2.05) is 73.7 Å².